The fourth-order valence-electron chi connectivity index (χ4n) is 0.707. The largest absolute Gasteiger partial charge is 0.481 e. The van der Waals surface area contributed by atoms with Gasteiger partial charge in [0, 0.05) is 0 Å². The molecule has 0 fully saturated rings. The van der Waals surface area contributed by atoms with Crippen LogP contribution in [0.25, 0.3) is 0 Å². The summed E-state index contributed by atoms with van der Waals surface area (Å²) in [6, 6.07) is 0. The number of rotatable bonds is 4. The van der Waals surface area contributed by atoms with Crippen molar-refractivity contribution in [2.24, 2.45) is 5.92 Å². The molecule has 0 saturated heterocycles. The van der Waals surface area contributed by atoms with Crippen molar-refractivity contribution in [2.75, 3.05) is 0 Å². The topological polar surface area (TPSA) is 37.3 Å². The minimum absolute atomic E-state index is 0.509. The summed E-state index contributed by atoms with van der Waals surface area (Å²) in [4.78, 5) is 10.5. The molecule has 0 spiro atoms. The highest BCUT2D eigenvalue weighted by molar-refractivity contribution is 5.73. The average Bonchev–Trinajstić information content (AvgIpc) is 1.98. The van der Waals surface area contributed by atoms with Gasteiger partial charge in [-0.1, -0.05) is 12.7 Å². The molecule has 0 amide bonds. The van der Waals surface area contributed by atoms with Crippen molar-refractivity contribution in [1.29, 1.82) is 0 Å². The first-order chi connectivity index (χ1) is 5.13. The molecule has 0 aliphatic carbocycles. The van der Waals surface area contributed by atoms with Crippen molar-refractivity contribution in [3.8, 4) is 0 Å². The number of allylic oxidation sites excluding steroid dienone is 1. The molecule has 0 aliphatic rings. The molecule has 0 rings (SSSR count). The van der Waals surface area contributed by atoms with Crippen molar-refractivity contribution in [3.05, 3.63) is 30.5 Å². The minimum Gasteiger partial charge on any atom is -0.481 e. The Morgan fingerprint density at radius 3 is 2.64 bits per heavy atom. The van der Waals surface area contributed by atoms with Crippen LogP contribution in [0, 0.1) is 5.92 Å². The molecule has 2 heteroatoms. The summed E-state index contributed by atoms with van der Waals surface area (Å²) in [6.07, 6.45) is 2.18. The Morgan fingerprint density at radius 2 is 2.36 bits per heavy atom. The summed E-state index contributed by atoms with van der Waals surface area (Å²) in [5.41, 5.74) is 3.27. The first kappa shape index (κ1) is 9.73. The Labute approximate surface area is 66.5 Å². The lowest BCUT2D eigenvalue weighted by Gasteiger charge is -2.05. The van der Waals surface area contributed by atoms with Gasteiger partial charge in [0.05, 0.1) is 5.92 Å². The second-order valence-corrected chi connectivity index (χ2v) is 2.25. The maximum atomic E-state index is 10.5. The van der Waals surface area contributed by atoms with Gasteiger partial charge in [-0.2, -0.15) is 0 Å². The third-order valence-corrected chi connectivity index (χ3v) is 1.48. The fourth-order valence-corrected chi connectivity index (χ4v) is 0.707. The van der Waals surface area contributed by atoms with E-state index in [4.69, 9.17) is 5.11 Å². The van der Waals surface area contributed by atoms with Crippen LogP contribution in [0.3, 0.4) is 0 Å². The van der Waals surface area contributed by atoms with E-state index in [9.17, 15) is 4.79 Å². The van der Waals surface area contributed by atoms with Crippen LogP contribution in [0.5, 0.6) is 0 Å². The van der Waals surface area contributed by atoms with Crippen LogP contribution in [0.2, 0.25) is 0 Å². The van der Waals surface area contributed by atoms with Gasteiger partial charge in [0.1, 0.15) is 0 Å². The average molecular weight is 152 g/mol. The number of carboxylic acid groups (broad SMARTS) is 1. The zero-order valence-corrected chi connectivity index (χ0v) is 6.63. The van der Waals surface area contributed by atoms with Gasteiger partial charge in [-0.3, -0.25) is 4.79 Å². The minimum atomic E-state index is -0.849. The Bertz CT molecular complexity index is 210. The number of carbonyl (C=O) groups is 1. The second kappa shape index (κ2) is 4.53. The molecule has 0 heterocycles. The van der Waals surface area contributed by atoms with Crippen molar-refractivity contribution < 1.29 is 9.90 Å². The molecule has 0 radical (unpaired) electrons. The lowest BCUT2D eigenvalue weighted by atomic mass is 9.99. The van der Waals surface area contributed by atoms with Gasteiger partial charge in [0.15, 0.2) is 0 Å². The molecule has 1 N–H and O–H groups in total. The van der Waals surface area contributed by atoms with Crippen molar-refractivity contribution >= 4 is 5.97 Å². The van der Waals surface area contributed by atoms with Gasteiger partial charge >= 0.3 is 5.97 Å². The Balaban J connectivity index is 4.39. The van der Waals surface area contributed by atoms with E-state index in [1.807, 2.05) is 0 Å². The molecule has 1 atom stereocenters. The van der Waals surface area contributed by atoms with E-state index < -0.39 is 11.9 Å². The number of hydrogen-bond donors (Lipinski definition) is 1. The van der Waals surface area contributed by atoms with E-state index in [1.54, 1.807) is 13.0 Å². The van der Waals surface area contributed by atoms with Gasteiger partial charge in [-0.05, 0) is 18.9 Å². The molecule has 1 unspecified atom stereocenters. The van der Waals surface area contributed by atoms with E-state index in [0.29, 0.717) is 12.0 Å². The van der Waals surface area contributed by atoms with Gasteiger partial charge < -0.3 is 5.11 Å². The molecule has 0 aromatic rings. The number of aliphatic carboxylic acids is 1. The lowest BCUT2D eigenvalue weighted by Crippen LogP contribution is -2.11. The van der Waals surface area contributed by atoms with Gasteiger partial charge in [-0.15, -0.1) is 12.3 Å². The van der Waals surface area contributed by atoms with Crippen molar-refractivity contribution in [3.63, 3.8) is 0 Å². The predicted molar refractivity (Wildman–Crippen MR) is 44.3 cm³/mol. The Hall–Kier alpha value is -1.27. The highest BCUT2D eigenvalue weighted by Gasteiger charge is 2.14. The number of carboxylic acids is 1. The highest BCUT2D eigenvalue weighted by Crippen LogP contribution is 2.13. The second-order valence-electron chi connectivity index (χ2n) is 2.25. The standard InChI is InChI=1S/C9H12O2/c1-4-6-8(5-2)7(3)9(10)11/h4,7H,1-2,6H2,3H3,(H,10,11). The van der Waals surface area contributed by atoms with Crippen molar-refractivity contribution in [2.45, 2.75) is 13.3 Å². The van der Waals surface area contributed by atoms with E-state index >= 15 is 0 Å². The fraction of sp³-hybridized carbons (Fsp3) is 0.333. The first-order valence-electron chi connectivity index (χ1n) is 3.36. The van der Waals surface area contributed by atoms with E-state index in [-0.39, 0.29) is 0 Å². The van der Waals surface area contributed by atoms with Crippen LogP contribution in [0.1, 0.15) is 13.3 Å². The third kappa shape index (κ3) is 2.87. The summed E-state index contributed by atoms with van der Waals surface area (Å²) in [6.45, 7) is 8.53. The van der Waals surface area contributed by atoms with Crippen molar-refractivity contribution in [1.82, 2.24) is 0 Å². The van der Waals surface area contributed by atoms with E-state index in [0.717, 1.165) is 0 Å². The van der Waals surface area contributed by atoms with E-state index in [2.05, 4.69) is 18.9 Å². The van der Waals surface area contributed by atoms with Gasteiger partial charge in [0.25, 0.3) is 0 Å². The lowest BCUT2D eigenvalue weighted by molar-refractivity contribution is -0.139. The number of hydrogen-bond acceptors (Lipinski definition) is 1. The molecule has 11 heavy (non-hydrogen) atoms. The van der Waals surface area contributed by atoms with Crippen LogP contribution in [-0.4, -0.2) is 11.1 Å². The van der Waals surface area contributed by atoms with Gasteiger partial charge in [0.2, 0.25) is 0 Å². The van der Waals surface area contributed by atoms with Crippen LogP contribution >= 0.6 is 0 Å². The summed E-state index contributed by atoms with van der Waals surface area (Å²) >= 11 is 0. The van der Waals surface area contributed by atoms with Crippen LogP contribution < -0.4 is 0 Å². The predicted octanol–water partition coefficient (Wildman–Crippen LogP) is 1.99. The smallest absolute Gasteiger partial charge is 0.311 e. The molecule has 60 valence electrons. The summed E-state index contributed by atoms with van der Waals surface area (Å²) in [5, 5.41) is 8.59. The normalized spacial score (nSPS) is 11.4. The monoisotopic (exact) mass is 152 g/mol. The van der Waals surface area contributed by atoms with Crippen LogP contribution in [0.15, 0.2) is 30.5 Å². The highest BCUT2D eigenvalue weighted by atomic mass is 16.4. The molecule has 0 aromatic heterocycles. The summed E-state index contributed by atoms with van der Waals surface area (Å²) in [7, 11) is 0. The molecule has 0 bridgehead atoms. The Morgan fingerprint density at radius 1 is 1.82 bits per heavy atom. The third-order valence-electron chi connectivity index (χ3n) is 1.48. The zero-order valence-electron chi connectivity index (χ0n) is 6.63. The molecule has 2 nitrogen and oxygen atoms in total. The Kier molecular flexibility index (Phi) is 4.01. The van der Waals surface area contributed by atoms with Gasteiger partial charge in [-0.25, -0.2) is 0 Å². The quantitative estimate of drug-likeness (QED) is 0.494. The molecule has 0 saturated carbocycles. The maximum absolute atomic E-state index is 10.5. The molecular formula is C9H12O2. The summed E-state index contributed by atoms with van der Waals surface area (Å²) < 4.78 is 0. The summed E-state index contributed by atoms with van der Waals surface area (Å²) in [5.74, 6) is -1.36. The van der Waals surface area contributed by atoms with Crippen LogP contribution in [-0.2, 0) is 4.79 Å². The maximum Gasteiger partial charge on any atom is 0.311 e. The SMILES string of the molecule is C=C=C(CC=C)C(C)C(=O)O. The molecular weight excluding hydrogens is 140 g/mol. The molecule has 0 aliphatic heterocycles. The van der Waals surface area contributed by atoms with Crippen LogP contribution in [0.4, 0.5) is 0 Å². The zero-order chi connectivity index (χ0) is 8.85. The molecule has 0 aromatic carbocycles. The van der Waals surface area contributed by atoms with E-state index in [1.165, 1.54) is 0 Å². The first-order valence-corrected chi connectivity index (χ1v) is 3.36.